The number of ether oxygens (including phenoxy) is 1. The van der Waals surface area contributed by atoms with Crippen LogP contribution in [-0.4, -0.2) is 31.5 Å². The second-order valence-electron chi connectivity index (χ2n) is 6.99. The number of hydrogen-bond acceptors (Lipinski definition) is 4. The molecule has 0 unspecified atom stereocenters. The van der Waals surface area contributed by atoms with Crippen LogP contribution in [0.2, 0.25) is 0 Å². The second kappa shape index (κ2) is 11.4. The summed E-state index contributed by atoms with van der Waals surface area (Å²) in [6.45, 7) is 6.61. The molecule has 32 heavy (non-hydrogen) atoms. The van der Waals surface area contributed by atoms with Gasteiger partial charge in [0, 0.05) is 29.2 Å². The molecule has 0 fully saturated rings. The summed E-state index contributed by atoms with van der Waals surface area (Å²) in [6, 6.07) is 23.8. The van der Waals surface area contributed by atoms with E-state index in [1.807, 2.05) is 43.3 Å². The number of anilines is 3. The second-order valence-corrected chi connectivity index (χ2v) is 6.99. The summed E-state index contributed by atoms with van der Waals surface area (Å²) in [5, 5.41) is 5.91. The standard InChI is InChI=1S/C26H27N3O3/c1-3-17-32-24-15-13-21(14-16-24)28-25(30)19-27-22-10-8-9-20(18-22)26(31)29(4-2)23-11-6-5-7-12-23/h3,5-16,18,27H,1,4,17,19H2,2H3,(H,28,30). The number of nitrogens with zero attached hydrogens (tertiary/aromatic N) is 1. The SMILES string of the molecule is C=CCOc1ccc(NC(=O)CNc2cccc(C(=O)N(CC)c3ccccc3)c2)cc1. The third-order valence-corrected chi connectivity index (χ3v) is 4.70. The monoisotopic (exact) mass is 429 g/mol. The molecular formula is C26H27N3O3. The molecule has 6 nitrogen and oxygen atoms in total. The Morgan fingerprint density at radius 2 is 1.72 bits per heavy atom. The van der Waals surface area contributed by atoms with Gasteiger partial charge in [-0.25, -0.2) is 0 Å². The van der Waals surface area contributed by atoms with E-state index in [0.717, 1.165) is 5.69 Å². The lowest BCUT2D eigenvalue weighted by Gasteiger charge is -2.21. The number of carbonyl (C=O) groups excluding carboxylic acids is 2. The van der Waals surface area contributed by atoms with E-state index in [0.29, 0.717) is 35.8 Å². The highest BCUT2D eigenvalue weighted by atomic mass is 16.5. The quantitative estimate of drug-likeness (QED) is 0.447. The van der Waals surface area contributed by atoms with Crippen molar-refractivity contribution in [1.29, 1.82) is 0 Å². The third kappa shape index (κ3) is 6.22. The number of para-hydroxylation sites is 1. The molecular weight excluding hydrogens is 402 g/mol. The molecule has 0 spiro atoms. The molecule has 3 aromatic carbocycles. The molecule has 0 heterocycles. The van der Waals surface area contributed by atoms with Gasteiger partial charge in [0.05, 0.1) is 6.54 Å². The van der Waals surface area contributed by atoms with Gasteiger partial charge in [0.1, 0.15) is 12.4 Å². The molecule has 0 bridgehead atoms. The Morgan fingerprint density at radius 3 is 2.41 bits per heavy atom. The Bertz CT molecular complexity index is 1050. The normalized spacial score (nSPS) is 10.2. The summed E-state index contributed by atoms with van der Waals surface area (Å²) in [4.78, 5) is 27.0. The minimum atomic E-state index is -0.194. The first-order chi connectivity index (χ1) is 15.6. The van der Waals surface area contributed by atoms with E-state index >= 15 is 0 Å². The lowest BCUT2D eigenvalue weighted by molar-refractivity contribution is -0.114. The van der Waals surface area contributed by atoms with Gasteiger partial charge in [-0.2, -0.15) is 0 Å². The topological polar surface area (TPSA) is 70.7 Å². The molecule has 0 aromatic heterocycles. The van der Waals surface area contributed by atoms with Crippen molar-refractivity contribution in [2.45, 2.75) is 6.92 Å². The number of rotatable bonds is 10. The van der Waals surface area contributed by atoms with Crippen LogP contribution in [0.15, 0.2) is 91.5 Å². The minimum Gasteiger partial charge on any atom is -0.490 e. The van der Waals surface area contributed by atoms with Crippen molar-refractivity contribution < 1.29 is 14.3 Å². The Balaban J connectivity index is 1.58. The van der Waals surface area contributed by atoms with E-state index in [2.05, 4.69) is 17.2 Å². The van der Waals surface area contributed by atoms with Crippen molar-refractivity contribution in [3.8, 4) is 5.75 Å². The molecule has 6 heteroatoms. The minimum absolute atomic E-state index is 0.0720. The molecule has 0 aliphatic heterocycles. The maximum atomic E-state index is 13.0. The van der Waals surface area contributed by atoms with Gasteiger partial charge >= 0.3 is 0 Å². The molecule has 2 N–H and O–H groups in total. The van der Waals surface area contributed by atoms with Gasteiger partial charge in [0.15, 0.2) is 0 Å². The number of hydrogen-bond donors (Lipinski definition) is 2. The molecule has 3 rings (SSSR count). The van der Waals surface area contributed by atoms with E-state index in [1.165, 1.54) is 0 Å². The Hall–Kier alpha value is -4.06. The van der Waals surface area contributed by atoms with Crippen LogP contribution in [0.5, 0.6) is 5.75 Å². The van der Waals surface area contributed by atoms with Crippen molar-refractivity contribution in [3.63, 3.8) is 0 Å². The fraction of sp³-hybridized carbons (Fsp3) is 0.154. The van der Waals surface area contributed by atoms with E-state index in [1.54, 1.807) is 53.4 Å². The summed E-state index contributed by atoms with van der Waals surface area (Å²) < 4.78 is 5.43. The van der Waals surface area contributed by atoms with Crippen LogP contribution in [0.4, 0.5) is 17.1 Å². The van der Waals surface area contributed by atoms with Crippen LogP contribution in [0.3, 0.4) is 0 Å². The van der Waals surface area contributed by atoms with Crippen LogP contribution in [-0.2, 0) is 4.79 Å². The summed E-state index contributed by atoms with van der Waals surface area (Å²) >= 11 is 0. The number of nitrogens with one attached hydrogen (secondary N) is 2. The van der Waals surface area contributed by atoms with E-state index in [4.69, 9.17) is 4.74 Å². The molecule has 2 amide bonds. The zero-order chi connectivity index (χ0) is 22.8. The van der Waals surface area contributed by atoms with Gasteiger partial charge in [0.2, 0.25) is 5.91 Å². The predicted octanol–water partition coefficient (Wildman–Crippen LogP) is 4.97. The first-order valence-corrected chi connectivity index (χ1v) is 10.4. The summed E-state index contributed by atoms with van der Waals surface area (Å²) in [6.07, 6.45) is 1.67. The molecule has 0 saturated heterocycles. The first kappa shape index (κ1) is 22.6. The molecule has 0 radical (unpaired) electrons. The Morgan fingerprint density at radius 1 is 0.969 bits per heavy atom. The maximum absolute atomic E-state index is 13.0. The van der Waals surface area contributed by atoms with Gasteiger partial charge in [-0.3, -0.25) is 9.59 Å². The lowest BCUT2D eigenvalue weighted by atomic mass is 10.1. The average Bonchev–Trinajstić information content (AvgIpc) is 2.83. The van der Waals surface area contributed by atoms with Crippen molar-refractivity contribution in [2.24, 2.45) is 0 Å². The van der Waals surface area contributed by atoms with E-state index in [9.17, 15) is 9.59 Å². The van der Waals surface area contributed by atoms with E-state index < -0.39 is 0 Å². The van der Waals surface area contributed by atoms with Crippen LogP contribution < -0.4 is 20.3 Å². The molecule has 3 aromatic rings. The number of carbonyl (C=O) groups is 2. The molecule has 0 saturated carbocycles. The molecule has 164 valence electrons. The van der Waals surface area contributed by atoms with Crippen molar-refractivity contribution >= 4 is 28.9 Å². The summed E-state index contributed by atoms with van der Waals surface area (Å²) in [5.41, 5.74) is 2.77. The van der Waals surface area contributed by atoms with Crippen LogP contribution in [0.1, 0.15) is 17.3 Å². The number of benzene rings is 3. The van der Waals surface area contributed by atoms with Gasteiger partial charge in [0.25, 0.3) is 5.91 Å². The van der Waals surface area contributed by atoms with Gasteiger partial charge in [-0.1, -0.05) is 36.9 Å². The van der Waals surface area contributed by atoms with Gasteiger partial charge < -0.3 is 20.3 Å². The van der Waals surface area contributed by atoms with Crippen LogP contribution >= 0.6 is 0 Å². The van der Waals surface area contributed by atoms with Crippen molar-refractivity contribution in [1.82, 2.24) is 0 Å². The highest BCUT2D eigenvalue weighted by Crippen LogP contribution is 2.19. The van der Waals surface area contributed by atoms with Crippen LogP contribution in [0, 0.1) is 0 Å². The number of amides is 2. The summed E-state index contributed by atoms with van der Waals surface area (Å²) in [7, 11) is 0. The highest BCUT2D eigenvalue weighted by Gasteiger charge is 2.16. The predicted molar refractivity (Wildman–Crippen MR) is 129 cm³/mol. The largest absolute Gasteiger partial charge is 0.490 e. The van der Waals surface area contributed by atoms with Gasteiger partial charge in [-0.15, -0.1) is 0 Å². The molecule has 0 aliphatic rings. The fourth-order valence-corrected chi connectivity index (χ4v) is 3.15. The molecule has 0 atom stereocenters. The Labute approximate surface area is 188 Å². The first-order valence-electron chi connectivity index (χ1n) is 10.4. The molecule has 0 aliphatic carbocycles. The van der Waals surface area contributed by atoms with Crippen molar-refractivity contribution in [2.75, 3.05) is 35.2 Å². The average molecular weight is 430 g/mol. The van der Waals surface area contributed by atoms with Crippen LogP contribution in [0.25, 0.3) is 0 Å². The van der Waals surface area contributed by atoms with Crippen molar-refractivity contribution in [3.05, 3.63) is 97.1 Å². The van der Waals surface area contributed by atoms with Gasteiger partial charge in [-0.05, 0) is 61.5 Å². The lowest BCUT2D eigenvalue weighted by Crippen LogP contribution is -2.30. The summed E-state index contributed by atoms with van der Waals surface area (Å²) in [5.74, 6) is 0.422. The van der Waals surface area contributed by atoms with E-state index in [-0.39, 0.29) is 18.4 Å². The Kier molecular flexibility index (Phi) is 8.03. The maximum Gasteiger partial charge on any atom is 0.258 e. The highest BCUT2D eigenvalue weighted by molar-refractivity contribution is 6.06. The smallest absolute Gasteiger partial charge is 0.258 e. The zero-order valence-corrected chi connectivity index (χ0v) is 18.1. The fourth-order valence-electron chi connectivity index (χ4n) is 3.15. The zero-order valence-electron chi connectivity index (χ0n) is 18.1. The third-order valence-electron chi connectivity index (χ3n) is 4.70.